The summed E-state index contributed by atoms with van der Waals surface area (Å²) in [6.45, 7) is -0.524. The average Bonchev–Trinajstić information content (AvgIpc) is 3.02. The number of piperidine rings is 1. The van der Waals surface area contributed by atoms with Crippen LogP contribution in [0.2, 0.25) is 0 Å². The third-order valence-corrected chi connectivity index (χ3v) is 9.19. The number of likely N-dealkylation sites (tertiary alicyclic amines) is 2. The van der Waals surface area contributed by atoms with Crippen molar-refractivity contribution in [3.63, 3.8) is 0 Å². The molecule has 4 aromatic rings. The van der Waals surface area contributed by atoms with Gasteiger partial charge in [0.2, 0.25) is 5.91 Å². The quantitative estimate of drug-likeness (QED) is 0.195. The highest BCUT2D eigenvalue weighted by Crippen LogP contribution is 2.46. The molecule has 0 bridgehead atoms. The first-order valence-electron chi connectivity index (χ1n) is 15.7. The highest BCUT2D eigenvalue weighted by atomic mass is 19.4. The van der Waals surface area contributed by atoms with Crippen LogP contribution in [0.4, 0.5) is 30.7 Å². The molecule has 3 aromatic carbocycles. The molecule has 2 saturated heterocycles. The smallest absolute Gasteiger partial charge is 0.403 e. The van der Waals surface area contributed by atoms with Crippen LogP contribution >= 0.6 is 0 Å². The molecule has 3 N–H and O–H groups in total. The number of hydrogen-bond acceptors (Lipinski definition) is 5. The Hall–Kier alpha value is -4.30. The lowest BCUT2D eigenvalue weighted by Gasteiger charge is -2.40. The van der Waals surface area contributed by atoms with Gasteiger partial charge in [0.15, 0.2) is 0 Å². The molecule has 2 aliphatic rings. The van der Waals surface area contributed by atoms with Crippen molar-refractivity contribution in [3.8, 4) is 11.3 Å². The van der Waals surface area contributed by atoms with E-state index in [9.17, 15) is 40.3 Å². The van der Waals surface area contributed by atoms with Crippen molar-refractivity contribution in [1.82, 2.24) is 14.8 Å². The molecule has 6 rings (SSSR count). The van der Waals surface area contributed by atoms with E-state index in [1.807, 2.05) is 42.6 Å². The van der Waals surface area contributed by atoms with Crippen molar-refractivity contribution < 1.29 is 45.4 Å². The SMILES string of the molecule is NC(=O)C1(C(F)(F)F)CCN(CC(F)(F)F)CC1.O=C(O)CCc1cccc2c(-c3ncc(CN4CC(F)C4)c4ccccc34)cccc12. The number of aryl methyl sites for hydroxylation is 1. The van der Waals surface area contributed by atoms with E-state index in [4.69, 9.17) is 15.8 Å². The Labute approximate surface area is 277 Å². The highest BCUT2D eigenvalue weighted by Gasteiger charge is 2.60. The predicted molar refractivity (Wildman–Crippen MR) is 170 cm³/mol. The van der Waals surface area contributed by atoms with Crippen LogP contribution in [-0.2, 0) is 22.6 Å². The minimum Gasteiger partial charge on any atom is -0.481 e. The van der Waals surface area contributed by atoms with Crippen molar-refractivity contribution in [2.75, 3.05) is 32.7 Å². The number of nitrogens with two attached hydrogens (primary N) is 1. The van der Waals surface area contributed by atoms with E-state index in [1.165, 1.54) is 0 Å². The third-order valence-electron chi connectivity index (χ3n) is 9.19. The van der Waals surface area contributed by atoms with Crippen molar-refractivity contribution in [2.24, 2.45) is 11.1 Å². The largest absolute Gasteiger partial charge is 0.481 e. The number of carbonyl (C=O) groups is 2. The maximum atomic E-state index is 13.3. The van der Waals surface area contributed by atoms with E-state index in [0.29, 0.717) is 26.1 Å². The van der Waals surface area contributed by atoms with Gasteiger partial charge in [-0.15, -0.1) is 0 Å². The van der Waals surface area contributed by atoms with Crippen LogP contribution in [0.5, 0.6) is 0 Å². The van der Waals surface area contributed by atoms with Crippen LogP contribution in [0, 0.1) is 5.41 Å². The molecule has 1 amide bonds. The van der Waals surface area contributed by atoms with Gasteiger partial charge in [0.05, 0.1) is 12.2 Å². The van der Waals surface area contributed by atoms with Gasteiger partial charge in [-0.3, -0.25) is 24.4 Å². The number of carboxylic acids is 1. The molecule has 0 atom stereocenters. The van der Waals surface area contributed by atoms with E-state index in [1.54, 1.807) is 0 Å². The first kappa shape index (κ1) is 36.0. The summed E-state index contributed by atoms with van der Waals surface area (Å²) in [6, 6.07) is 20.4. The molecule has 3 heterocycles. The number of rotatable bonds is 8. The van der Waals surface area contributed by atoms with Gasteiger partial charge >= 0.3 is 18.3 Å². The van der Waals surface area contributed by atoms with Crippen molar-refractivity contribution in [2.45, 2.75) is 50.8 Å². The molecule has 0 radical (unpaired) electrons. The average molecular weight is 693 g/mol. The maximum Gasteiger partial charge on any atom is 0.403 e. The number of hydrogen-bond donors (Lipinski definition) is 2. The molecule has 262 valence electrons. The lowest BCUT2D eigenvalue weighted by Crippen LogP contribution is -2.56. The maximum absolute atomic E-state index is 13.3. The summed E-state index contributed by atoms with van der Waals surface area (Å²) in [7, 11) is 0. The second-order valence-electron chi connectivity index (χ2n) is 12.5. The summed E-state index contributed by atoms with van der Waals surface area (Å²) >= 11 is 0. The zero-order valence-corrected chi connectivity index (χ0v) is 26.3. The Balaban J connectivity index is 0.000000223. The number of fused-ring (bicyclic) bond motifs is 2. The number of carbonyl (C=O) groups excluding carboxylic acids is 1. The third kappa shape index (κ3) is 8.13. The minimum atomic E-state index is -4.83. The number of benzene rings is 3. The summed E-state index contributed by atoms with van der Waals surface area (Å²) < 4.78 is 87.8. The summed E-state index contributed by atoms with van der Waals surface area (Å²) in [5.74, 6) is -2.32. The lowest BCUT2D eigenvalue weighted by atomic mass is 9.77. The molecule has 14 heteroatoms. The standard InChI is InChI=1S/C26H23FN2O2.C9H12F6N2O/c27-19-15-29(16-19)14-18-13-28-26(23-7-2-1-6-21(18)23)24-10-4-8-20-17(11-12-25(30)31)5-3-9-22(20)24;10-8(11,12)5-17-3-1-7(2-4-17,6(16)18)9(13,14)15/h1-10,13,19H,11-12,14-16H2,(H,30,31);1-5H2,(H2,16,18). The number of halogens is 7. The number of nitrogens with zero attached hydrogens (tertiary/aromatic N) is 3. The lowest BCUT2D eigenvalue weighted by molar-refractivity contribution is -0.234. The van der Waals surface area contributed by atoms with Crippen molar-refractivity contribution in [1.29, 1.82) is 0 Å². The molecule has 2 aliphatic heterocycles. The fourth-order valence-electron chi connectivity index (χ4n) is 6.53. The van der Waals surface area contributed by atoms with Gasteiger partial charge in [-0.05, 0) is 59.6 Å². The Kier molecular flexibility index (Phi) is 10.5. The molecule has 0 spiro atoms. The molecular formula is C35H35F7N4O3. The highest BCUT2D eigenvalue weighted by molar-refractivity contribution is 6.05. The van der Waals surface area contributed by atoms with Crippen molar-refractivity contribution >= 4 is 33.4 Å². The zero-order valence-electron chi connectivity index (χ0n) is 26.3. The Morgan fingerprint density at radius 1 is 0.837 bits per heavy atom. The fraction of sp³-hybridized carbons (Fsp3) is 0.400. The molecule has 0 unspecified atom stereocenters. The van der Waals surface area contributed by atoms with Crippen LogP contribution in [0.3, 0.4) is 0 Å². The van der Waals surface area contributed by atoms with Gasteiger partial charge in [0, 0.05) is 43.2 Å². The Bertz CT molecular complexity index is 1820. The van der Waals surface area contributed by atoms with Crippen LogP contribution in [0.15, 0.2) is 66.9 Å². The number of pyridine rings is 1. The van der Waals surface area contributed by atoms with Crippen LogP contribution in [-0.4, -0.2) is 83.0 Å². The Morgan fingerprint density at radius 2 is 1.43 bits per heavy atom. The number of aliphatic carboxylic acids is 1. The summed E-state index contributed by atoms with van der Waals surface area (Å²) in [5, 5.41) is 13.4. The van der Waals surface area contributed by atoms with Crippen LogP contribution in [0.25, 0.3) is 32.8 Å². The predicted octanol–water partition coefficient (Wildman–Crippen LogP) is 6.90. The molecule has 2 fully saturated rings. The van der Waals surface area contributed by atoms with Crippen LogP contribution < -0.4 is 5.73 Å². The van der Waals surface area contributed by atoms with E-state index in [0.717, 1.165) is 48.8 Å². The minimum absolute atomic E-state index is 0.107. The van der Waals surface area contributed by atoms with Gasteiger partial charge in [-0.2, -0.15) is 26.3 Å². The molecule has 49 heavy (non-hydrogen) atoms. The van der Waals surface area contributed by atoms with E-state index in [2.05, 4.69) is 29.2 Å². The van der Waals surface area contributed by atoms with Gasteiger partial charge < -0.3 is 10.8 Å². The van der Waals surface area contributed by atoms with Gasteiger partial charge in [-0.1, -0.05) is 60.7 Å². The Morgan fingerprint density at radius 3 is 2.02 bits per heavy atom. The van der Waals surface area contributed by atoms with Crippen LogP contribution in [0.1, 0.15) is 30.4 Å². The van der Waals surface area contributed by atoms with E-state index in [-0.39, 0.29) is 6.42 Å². The first-order chi connectivity index (χ1) is 23.1. The topological polar surface area (TPSA) is 99.8 Å². The monoisotopic (exact) mass is 692 g/mol. The van der Waals surface area contributed by atoms with Gasteiger partial charge in [0.25, 0.3) is 0 Å². The van der Waals surface area contributed by atoms with Crippen molar-refractivity contribution in [3.05, 3.63) is 78.0 Å². The second kappa shape index (κ2) is 14.3. The molecular weight excluding hydrogens is 657 g/mol. The number of amides is 1. The normalized spacial score (nSPS) is 17.4. The first-order valence-corrected chi connectivity index (χ1v) is 15.7. The summed E-state index contributed by atoms with van der Waals surface area (Å²) in [6.07, 6.45) is -8.97. The molecule has 1 aromatic heterocycles. The summed E-state index contributed by atoms with van der Waals surface area (Å²) in [4.78, 5) is 29.8. The molecule has 7 nitrogen and oxygen atoms in total. The zero-order chi connectivity index (χ0) is 35.6. The number of primary amides is 1. The molecule has 0 aliphatic carbocycles. The second-order valence-corrected chi connectivity index (χ2v) is 12.5. The molecule has 0 saturated carbocycles. The van der Waals surface area contributed by atoms with Gasteiger partial charge in [-0.25, -0.2) is 4.39 Å². The van der Waals surface area contributed by atoms with E-state index < -0.39 is 68.3 Å². The number of carboxylic acid groups (broad SMARTS) is 1. The summed E-state index contributed by atoms with van der Waals surface area (Å²) in [5.41, 5.74) is 6.14. The van der Waals surface area contributed by atoms with E-state index >= 15 is 0 Å². The van der Waals surface area contributed by atoms with Gasteiger partial charge in [0.1, 0.15) is 11.6 Å². The fourth-order valence-corrected chi connectivity index (χ4v) is 6.53. The number of aromatic nitrogens is 1. The number of alkyl halides is 7.